The van der Waals surface area contributed by atoms with E-state index in [0.29, 0.717) is 17.9 Å². The second-order valence-electron chi connectivity index (χ2n) is 8.94. The van der Waals surface area contributed by atoms with Crippen molar-refractivity contribution in [3.63, 3.8) is 0 Å². The van der Waals surface area contributed by atoms with Crippen LogP contribution < -0.4 is 5.32 Å². The number of hydrogen-bond acceptors (Lipinski definition) is 3. The second-order valence-corrected chi connectivity index (χ2v) is 8.94. The molecule has 3 fully saturated rings. The minimum absolute atomic E-state index is 0.402. The SMILES string of the molecule is CC(C)N1CCN(C(=O)C[C@@H]2CC[N+](C)(CC3CCNC3)C2)CC1. The third-order valence-electron chi connectivity index (χ3n) is 6.50. The molecule has 2 unspecified atom stereocenters. The minimum Gasteiger partial charge on any atom is -0.340 e. The molecule has 0 bridgehead atoms. The number of nitrogens with one attached hydrogen (secondary N) is 1. The van der Waals surface area contributed by atoms with Gasteiger partial charge in [0, 0.05) is 63.4 Å². The van der Waals surface area contributed by atoms with Gasteiger partial charge < -0.3 is 14.7 Å². The van der Waals surface area contributed by atoms with E-state index < -0.39 is 0 Å². The highest BCUT2D eigenvalue weighted by Crippen LogP contribution is 2.28. The van der Waals surface area contributed by atoms with Crippen molar-refractivity contribution in [2.45, 2.75) is 39.2 Å². The smallest absolute Gasteiger partial charge is 0.223 e. The van der Waals surface area contributed by atoms with Crippen LogP contribution in [-0.4, -0.2) is 92.2 Å². The summed E-state index contributed by atoms with van der Waals surface area (Å²) in [5, 5.41) is 3.49. The Morgan fingerprint density at radius 3 is 2.54 bits per heavy atom. The van der Waals surface area contributed by atoms with Gasteiger partial charge in [-0.3, -0.25) is 9.69 Å². The molecule has 0 aliphatic carbocycles. The summed E-state index contributed by atoms with van der Waals surface area (Å²) in [5.41, 5.74) is 0. The average Bonchev–Trinajstić information content (AvgIpc) is 3.17. The summed E-state index contributed by atoms with van der Waals surface area (Å²) in [5.74, 6) is 1.84. The third-order valence-corrected chi connectivity index (χ3v) is 6.50. The maximum Gasteiger partial charge on any atom is 0.223 e. The van der Waals surface area contributed by atoms with Gasteiger partial charge in [0.15, 0.2) is 0 Å². The molecule has 3 heterocycles. The molecule has 3 atom stereocenters. The highest BCUT2D eigenvalue weighted by molar-refractivity contribution is 5.76. The van der Waals surface area contributed by atoms with Crippen molar-refractivity contribution in [2.75, 3.05) is 66.0 Å². The Morgan fingerprint density at radius 2 is 1.92 bits per heavy atom. The second kappa shape index (κ2) is 7.71. The molecule has 138 valence electrons. The summed E-state index contributed by atoms with van der Waals surface area (Å²) in [4.78, 5) is 17.3. The highest BCUT2D eigenvalue weighted by Gasteiger charge is 2.38. The first-order valence-corrected chi connectivity index (χ1v) is 10.0. The fourth-order valence-corrected chi connectivity index (χ4v) is 4.99. The van der Waals surface area contributed by atoms with E-state index in [1.54, 1.807) is 0 Å². The lowest BCUT2D eigenvalue weighted by Gasteiger charge is -2.37. The van der Waals surface area contributed by atoms with Crippen molar-refractivity contribution in [3.8, 4) is 0 Å². The van der Waals surface area contributed by atoms with E-state index in [1.807, 2.05) is 0 Å². The van der Waals surface area contributed by atoms with Crippen LogP contribution in [0.2, 0.25) is 0 Å². The van der Waals surface area contributed by atoms with Crippen LogP contribution in [0.3, 0.4) is 0 Å². The van der Waals surface area contributed by atoms with Gasteiger partial charge in [0.05, 0.1) is 26.7 Å². The Balaban J connectivity index is 1.42. The predicted molar refractivity (Wildman–Crippen MR) is 97.8 cm³/mol. The molecule has 0 spiro atoms. The fourth-order valence-electron chi connectivity index (χ4n) is 4.99. The zero-order chi connectivity index (χ0) is 17.2. The van der Waals surface area contributed by atoms with Gasteiger partial charge in [-0.25, -0.2) is 0 Å². The van der Waals surface area contributed by atoms with Gasteiger partial charge in [-0.15, -0.1) is 0 Å². The van der Waals surface area contributed by atoms with Gasteiger partial charge in [-0.2, -0.15) is 0 Å². The third kappa shape index (κ3) is 4.50. The van der Waals surface area contributed by atoms with Crippen molar-refractivity contribution in [3.05, 3.63) is 0 Å². The van der Waals surface area contributed by atoms with Crippen molar-refractivity contribution in [1.29, 1.82) is 0 Å². The molecule has 0 aromatic rings. The van der Waals surface area contributed by atoms with E-state index in [9.17, 15) is 4.79 Å². The predicted octanol–water partition coefficient (Wildman–Crippen LogP) is 1.01. The number of piperazine rings is 1. The maximum absolute atomic E-state index is 12.7. The number of likely N-dealkylation sites (tertiary alicyclic amines) is 1. The number of carbonyl (C=O) groups is 1. The first-order chi connectivity index (χ1) is 11.5. The van der Waals surface area contributed by atoms with Crippen LogP contribution in [-0.2, 0) is 4.79 Å². The van der Waals surface area contributed by atoms with Crippen LogP contribution in [0.4, 0.5) is 0 Å². The molecule has 1 amide bonds. The minimum atomic E-state index is 0.402. The summed E-state index contributed by atoms with van der Waals surface area (Å²) < 4.78 is 1.19. The molecule has 1 N–H and O–H groups in total. The molecule has 0 radical (unpaired) electrons. The number of hydrogen-bond donors (Lipinski definition) is 1. The molecule has 3 rings (SSSR count). The Labute approximate surface area is 147 Å². The highest BCUT2D eigenvalue weighted by atomic mass is 16.2. The number of nitrogens with zero attached hydrogens (tertiary/aromatic N) is 3. The van der Waals surface area contributed by atoms with E-state index in [4.69, 9.17) is 0 Å². The molecule has 5 heteroatoms. The van der Waals surface area contributed by atoms with E-state index in [0.717, 1.165) is 38.5 Å². The van der Waals surface area contributed by atoms with Crippen LogP contribution >= 0.6 is 0 Å². The van der Waals surface area contributed by atoms with Gasteiger partial charge >= 0.3 is 0 Å². The van der Waals surface area contributed by atoms with E-state index in [2.05, 4.69) is 36.0 Å². The van der Waals surface area contributed by atoms with Crippen LogP contribution in [0.5, 0.6) is 0 Å². The van der Waals surface area contributed by atoms with E-state index >= 15 is 0 Å². The zero-order valence-corrected chi connectivity index (χ0v) is 16.0. The van der Waals surface area contributed by atoms with Gasteiger partial charge in [0.2, 0.25) is 5.91 Å². The molecule has 5 nitrogen and oxygen atoms in total. The molecular weight excluding hydrogens is 300 g/mol. The fraction of sp³-hybridized carbons (Fsp3) is 0.947. The Morgan fingerprint density at radius 1 is 1.17 bits per heavy atom. The molecule has 3 saturated heterocycles. The Bertz CT molecular complexity index is 427. The molecule has 24 heavy (non-hydrogen) atoms. The summed E-state index contributed by atoms with van der Waals surface area (Å²) in [6.45, 7) is 14.5. The number of quaternary nitrogens is 1. The molecule has 0 aromatic heterocycles. The molecule has 0 aromatic carbocycles. The summed E-state index contributed by atoms with van der Waals surface area (Å²) in [6.07, 6.45) is 3.34. The van der Waals surface area contributed by atoms with E-state index in [1.165, 1.54) is 50.0 Å². The Kier molecular flexibility index (Phi) is 5.83. The standard InChI is InChI=1S/C19H37N4O/c1-16(2)21-7-9-22(10-8-21)19(24)12-17-5-11-23(3,14-17)15-18-4-6-20-13-18/h16-18,20H,4-15H2,1-3H3/q+1/t17-,18?,23?/m0/s1. The number of carbonyl (C=O) groups excluding carboxylic acids is 1. The molecule has 0 saturated carbocycles. The lowest BCUT2D eigenvalue weighted by Crippen LogP contribution is -2.51. The van der Waals surface area contributed by atoms with Crippen LogP contribution in [0.15, 0.2) is 0 Å². The van der Waals surface area contributed by atoms with Crippen molar-refractivity contribution in [2.24, 2.45) is 11.8 Å². The first kappa shape index (κ1) is 18.2. The molecule has 3 aliphatic heterocycles. The average molecular weight is 338 g/mol. The van der Waals surface area contributed by atoms with Crippen LogP contribution in [0, 0.1) is 11.8 Å². The molecular formula is C19H37N4O+. The lowest BCUT2D eigenvalue weighted by molar-refractivity contribution is -0.902. The van der Waals surface area contributed by atoms with Gasteiger partial charge in [-0.1, -0.05) is 0 Å². The van der Waals surface area contributed by atoms with Gasteiger partial charge in [-0.05, 0) is 26.8 Å². The molecule has 3 aliphatic rings. The van der Waals surface area contributed by atoms with Gasteiger partial charge in [0.1, 0.15) is 0 Å². The van der Waals surface area contributed by atoms with Crippen LogP contribution in [0.1, 0.15) is 33.1 Å². The van der Waals surface area contributed by atoms with Crippen molar-refractivity contribution in [1.82, 2.24) is 15.1 Å². The summed E-state index contributed by atoms with van der Waals surface area (Å²) in [6, 6.07) is 0.597. The van der Waals surface area contributed by atoms with E-state index in [-0.39, 0.29) is 0 Å². The quantitative estimate of drug-likeness (QED) is 0.761. The summed E-state index contributed by atoms with van der Waals surface area (Å²) in [7, 11) is 2.41. The maximum atomic E-state index is 12.7. The lowest BCUT2D eigenvalue weighted by atomic mass is 10.0. The monoisotopic (exact) mass is 337 g/mol. The summed E-state index contributed by atoms with van der Waals surface area (Å²) >= 11 is 0. The number of rotatable bonds is 5. The van der Waals surface area contributed by atoms with Gasteiger partial charge in [0.25, 0.3) is 0 Å². The topological polar surface area (TPSA) is 35.6 Å². The van der Waals surface area contributed by atoms with Crippen molar-refractivity contribution >= 4 is 5.91 Å². The largest absolute Gasteiger partial charge is 0.340 e. The van der Waals surface area contributed by atoms with Crippen LogP contribution in [0.25, 0.3) is 0 Å². The van der Waals surface area contributed by atoms with Crippen molar-refractivity contribution < 1.29 is 9.28 Å². The Hall–Kier alpha value is -0.650. The normalized spacial score (nSPS) is 35.1. The first-order valence-electron chi connectivity index (χ1n) is 10.0. The zero-order valence-electron chi connectivity index (χ0n) is 16.0. The number of amides is 1.